The highest BCUT2D eigenvalue weighted by Crippen LogP contribution is 2.26. The summed E-state index contributed by atoms with van der Waals surface area (Å²) < 4.78 is 19.8. The van der Waals surface area contributed by atoms with Gasteiger partial charge in [0.15, 0.2) is 0 Å². The quantitative estimate of drug-likeness (QED) is 0.0620. The first-order valence-corrected chi connectivity index (χ1v) is 10.8. The first-order valence-electron chi connectivity index (χ1n) is 8.99. The molecule has 4 unspecified atom stereocenters. The summed E-state index contributed by atoms with van der Waals surface area (Å²) in [4.78, 5) is 38.9. The van der Waals surface area contributed by atoms with Crippen LogP contribution in [0.1, 0.15) is 27.7 Å². The summed E-state index contributed by atoms with van der Waals surface area (Å²) in [7, 11) is 0. The second-order valence-corrected chi connectivity index (χ2v) is 11.4. The van der Waals surface area contributed by atoms with E-state index in [1.807, 2.05) is 0 Å². The van der Waals surface area contributed by atoms with Crippen molar-refractivity contribution < 1.29 is 58.6 Å². The van der Waals surface area contributed by atoms with E-state index in [0.717, 1.165) is 27.7 Å². The monoisotopic (exact) mass is 552 g/mol. The summed E-state index contributed by atoms with van der Waals surface area (Å²) in [6.07, 6.45) is 0. The molecular weight excluding hydrogens is 524 g/mol. The Labute approximate surface area is 211 Å². The lowest BCUT2D eigenvalue weighted by atomic mass is 9.92. The molecule has 12 nitrogen and oxygen atoms in total. The number of carbonyl (C=O) groups excluding carboxylic acids is 4. The molecule has 0 bridgehead atoms. The molecule has 0 spiro atoms. The van der Waals surface area contributed by atoms with Crippen LogP contribution in [-0.4, -0.2) is 90.5 Å². The average Bonchev–Trinajstić information content (AvgIpc) is 2.62. The fourth-order valence-corrected chi connectivity index (χ4v) is 1.93. The van der Waals surface area contributed by atoms with Crippen molar-refractivity contribution in [3.63, 3.8) is 0 Å². The second kappa shape index (κ2) is 11.7. The summed E-state index contributed by atoms with van der Waals surface area (Å²) >= 11 is 14.6. The van der Waals surface area contributed by atoms with Crippen LogP contribution in [0, 0.1) is 5.41 Å². The van der Waals surface area contributed by atoms with Gasteiger partial charge in [0.05, 0.1) is 0 Å². The van der Waals surface area contributed by atoms with Crippen LogP contribution in [0.5, 0.6) is 0 Å². The maximum Gasteiger partial charge on any atom is 0.348 e. The Morgan fingerprint density at radius 1 is 0.515 bits per heavy atom. The van der Waals surface area contributed by atoms with Crippen molar-refractivity contribution in [2.45, 2.75) is 47.4 Å². The Hall–Kier alpha value is -0.880. The van der Waals surface area contributed by atoms with Gasteiger partial charge in [0.2, 0.25) is 19.7 Å². The Morgan fingerprint density at radius 2 is 0.667 bits per heavy atom. The van der Waals surface area contributed by atoms with Crippen molar-refractivity contribution >= 4 is 74.4 Å². The molecule has 0 aliphatic carbocycles. The van der Waals surface area contributed by atoms with Gasteiger partial charge in [-0.05, 0) is 27.7 Å². The van der Waals surface area contributed by atoms with Crippen LogP contribution in [-0.2, 0) is 38.1 Å². The number of ether oxygens (including phenoxy) is 4. The lowest BCUT2D eigenvalue weighted by molar-refractivity contribution is -0.183. The van der Waals surface area contributed by atoms with Crippen molar-refractivity contribution in [1.29, 1.82) is 0 Å². The molecule has 192 valence electrons. The molecule has 0 fully saturated rings. The molecule has 33 heavy (non-hydrogen) atoms. The molecule has 0 saturated heterocycles. The van der Waals surface area contributed by atoms with Crippen LogP contribution in [0.25, 0.3) is 0 Å². The van der Waals surface area contributed by atoms with E-state index in [2.05, 4.69) is 50.5 Å². The molecular formula is C17H28O12S4. The van der Waals surface area contributed by atoms with Gasteiger partial charge in [-0.15, -0.1) is 50.5 Å². The maximum atomic E-state index is 12.0. The fraction of sp³-hybridized carbons (Fsp3) is 0.765. The van der Waals surface area contributed by atoms with E-state index in [0.29, 0.717) is 0 Å². The maximum absolute atomic E-state index is 12.0. The minimum atomic E-state index is -2.24. The third-order valence-corrected chi connectivity index (χ3v) is 4.31. The standard InChI is InChI=1S/C17H28O12S4/c1-13(22,30)9(18)26-5-17(6-27-10(19)14(2,23)31,7-28-11(20)15(3,24)32)8-29-12(21)16(4,25)33/h22-25,30-33H,5-8H2,1-4H3. The van der Waals surface area contributed by atoms with Gasteiger partial charge in [0.25, 0.3) is 0 Å². The molecule has 0 amide bonds. The molecule has 0 radical (unpaired) electrons. The van der Waals surface area contributed by atoms with E-state index in [1.165, 1.54) is 0 Å². The second-order valence-electron chi connectivity index (χ2n) is 7.89. The molecule has 0 aromatic carbocycles. The van der Waals surface area contributed by atoms with E-state index >= 15 is 0 Å². The zero-order valence-electron chi connectivity index (χ0n) is 18.2. The highest BCUT2D eigenvalue weighted by atomic mass is 32.1. The highest BCUT2D eigenvalue weighted by molar-refractivity contribution is 7.83. The molecule has 0 aromatic heterocycles. The number of thiol groups is 4. The largest absolute Gasteiger partial charge is 0.462 e. The van der Waals surface area contributed by atoms with Crippen LogP contribution in [0.3, 0.4) is 0 Å². The van der Waals surface area contributed by atoms with Crippen molar-refractivity contribution in [1.82, 2.24) is 0 Å². The summed E-state index contributed by atoms with van der Waals surface area (Å²) in [6.45, 7) is 0.790. The minimum Gasteiger partial charge on any atom is -0.462 e. The number of aliphatic hydroxyl groups is 4. The van der Waals surface area contributed by atoms with Gasteiger partial charge in [-0.2, -0.15) is 0 Å². The van der Waals surface area contributed by atoms with Gasteiger partial charge >= 0.3 is 23.9 Å². The predicted octanol–water partition coefficient (Wildman–Crippen LogP) is -1.30. The molecule has 0 aliphatic rings. The van der Waals surface area contributed by atoms with E-state index < -0.39 is 75.5 Å². The summed E-state index contributed by atoms with van der Waals surface area (Å²) in [5, 5.41) is 38.6. The Balaban J connectivity index is 6.00. The fourth-order valence-electron chi connectivity index (χ4n) is 1.67. The van der Waals surface area contributed by atoms with Crippen molar-refractivity contribution in [3.8, 4) is 0 Å². The Morgan fingerprint density at radius 3 is 0.788 bits per heavy atom. The molecule has 0 aliphatic heterocycles. The SMILES string of the molecule is CC(O)(S)C(=O)OCC(COC(=O)C(C)(O)S)(COC(=O)C(C)(O)S)COC(=O)C(C)(O)S. The summed E-state index contributed by atoms with van der Waals surface area (Å²) in [5.41, 5.74) is -1.85. The van der Waals surface area contributed by atoms with Crippen molar-refractivity contribution in [2.75, 3.05) is 26.4 Å². The number of hydrogen-bond acceptors (Lipinski definition) is 16. The molecule has 0 heterocycles. The van der Waals surface area contributed by atoms with E-state index in [4.69, 9.17) is 18.9 Å². The van der Waals surface area contributed by atoms with Gasteiger partial charge in [-0.25, -0.2) is 19.2 Å². The minimum absolute atomic E-state index is 0.797. The number of rotatable bonds is 12. The topological polar surface area (TPSA) is 186 Å². The van der Waals surface area contributed by atoms with Crippen LogP contribution in [0.2, 0.25) is 0 Å². The van der Waals surface area contributed by atoms with Gasteiger partial charge in [-0.3, -0.25) is 0 Å². The predicted molar refractivity (Wildman–Crippen MR) is 125 cm³/mol. The Kier molecular flexibility index (Phi) is 11.4. The Bertz CT molecular complexity index is 603. The van der Waals surface area contributed by atoms with Crippen LogP contribution >= 0.6 is 50.5 Å². The lowest BCUT2D eigenvalue weighted by Gasteiger charge is -2.34. The molecule has 0 aromatic rings. The van der Waals surface area contributed by atoms with Gasteiger partial charge in [0, 0.05) is 0 Å². The molecule has 4 N–H and O–H groups in total. The highest BCUT2D eigenvalue weighted by Gasteiger charge is 2.43. The lowest BCUT2D eigenvalue weighted by Crippen LogP contribution is -2.48. The number of hydrogen-bond donors (Lipinski definition) is 8. The van der Waals surface area contributed by atoms with Crippen molar-refractivity contribution in [3.05, 3.63) is 0 Å². The first-order chi connectivity index (χ1) is 14.5. The number of esters is 4. The van der Waals surface area contributed by atoms with Gasteiger partial charge < -0.3 is 39.4 Å². The van der Waals surface area contributed by atoms with E-state index in [-0.39, 0.29) is 0 Å². The normalized spacial score (nSPS) is 20.5. The van der Waals surface area contributed by atoms with Gasteiger partial charge in [-0.1, -0.05) is 0 Å². The molecule has 16 heteroatoms. The zero-order valence-corrected chi connectivity index (χ0v) is 21.7. The average molecular weight is 553 g/mol. The molecule has 0 saturated carbocycles. The van der Waals surface area contributed by atoms with Crippen molar-refractivity contribution in [2.24, 2.45) is 5.41 Å². The third kappa shape index (κ3) is 11.9. The molecule has 4 atom stereocenters. The van der Waals surface area contributed by atoms with Crippen LogP contribution in [0.15, 0.2) is 0 Å². The smallest absolute Gasteiger partial charge is 0.348 e. The summed E-state index contributed by atoms with van der Waals surface area (Å²) in [5.74, 6) is -5.05. The zero-order chi connectivity index (χ0) is 26.5. The summed E-state index contributed by atoms with van der Waals surface area (Å²) in [6, 6.07) is 0. The third-order valence-electron chi connectivity index (χ3n) is 3.58. The van der Waals surface area contributed by atoms with Crippen LogP contribution < -0.4 is 0 Å². The number of carbonyl (C=O) groups is 4. The first kappa shape index (κ1) is 32.1. The van der Waals surface area contributed by atoms with Crippen LogP contribution in [0.4, 0.5) is 0 Å². The van der Waals surface area contributed by atoms with E-state index in [1.54, 1.807) is 0 Å². The van der Waals surface area contributed by atoms with Gasteiger partial charge in [0.1, 0.15) is 31.8 Å². The van der Waals surface area contributed by atoms with E-state index in [9.17, 15) is 39.6 Å². The molecule has 0 rings (SSSR count).